The predicted molar refractivity (Wildman–Crippen MR) is 142 cm³/mol. The molecule has 0 spiro atoms. The molecule has 0 fully saturated rings. The van der Waals surface area contributed by atoms with E-state index >= 15 is 0 Å². The van der Waals surface area contributed by atoms with Crippen LogP contribution >= 0.6 is 39.1 Å². The number of carboxylic acid groups (broad SMARTS) is 1. The molecule has 0 saturated carbocycles. The molecule has 0 radical (unpaired) electrons. The summed E-state index contributed by atoms with van der Waals surface area (Å²) >= 11 is 15.6. The fourth-order valence-electron chi connectivity index (χ4n) is 3.08. The Morgan fingerprint density at radius 3 is 2.50 bits per heavy atom. The number of benzene rings is 3. The number of nitriles is 1. The first-order valence-electron chi connectivity index (χ1n) is 10.5. The number of aromatic carboxylic acids is 1. The third-order valence-electron chi connectivity index (χ3n) is 4.79. The molecule has 3 aromatic carbocycles. The minimum Gasteiger partial charge on any atom is -0.490 e. The highest BCUT2D eigenvalue weighted by Gasteiger charge is 2.16. The first kappa shape index (κ1) is 27.1. The van der Waals surface area contributed by atoms with Crippen molar-refractivity contribution in [1.29, 1.82) is 5.26 Å². The van der Waals surface area contributed by atoms with E-state index in [9.17, 15) is 14.9 Å². The van der Waals surface area contributed by atoms with Gasteiger partial charge in [0.05, 0.1) is 32.4 Å². The molecule has 2 N–H and O–H groups in total. The molecule has 7 nitrogen and oxygen atoms in total. The molecule has 10 heteroatoms. The largest absolute Gasteiger partial charge is 0.490 e. The first-order chi connectivity index (χ1) is 17.2. The lowest BCUT2D eigenvalue weighted by atomic mass is 10.1. The zero-order chi connectivity index (χ0) is 26.2. The van der Waals surface area contributed by atoms with Crippen LogP contribution in [0.3, 0.4) is 0 Å². The molecule has 0 aliphatic carbocycles. The van der Waals surface area contributed by atoms with E-state index in [4.69, 9.17) is 37.8 Å². The number of rotatable bonds is 9. The Labute approximate surface area is 226 Å². The molecule has 0 aliphatic rings. The second-order valence-electron chi connectivity index (χ2n) is 7.28. The van der Waals surface area contributed by atoms with Crippen LogP contribution in [-0.4, -0.2) is 23.6 Å². The number of ether oxygens (including phenoxy) is 2. The van der Waals surface area contributed by atoms with Gasteiger partial charge in [0.25, 0.3) is 5.91 Å². The van der Waals surface area contributed by atoms with E-state index < -0.39 is 11.9 Å². The number of anilines is 1. The van der Waals surface area contributed by atoms with E-state index in [1.54, 1.807) is 42.5 Å². The van der Waals surface area contributed by atoms with E-state index in [0.29, 0.717) is 28.1 Å². The van der Waals surface area contributed by atoms with Crippen LogP contribution in [0.15, 0.2) is 64.6 Å². The Kier molecular flexibility index (Phi) is 9.37. The summed E-state index contributed by atoms with van der Waals surface area (Å²) in [5, 5.41) is 21.6. The van der Waals surface area contributed by atoms with Gasteiger partial charge in [-0.3, -0.25) is 4.79 Å². The van der Waals surface area contributed by atoms with Crippen LogP contribution in [0.2, 0.25) is 10.0 Å². The van der Waals surface area contributed by atoms with Crippen molar-refractivity contribution in [1.82, 2.24) is 0 Å². The van der Waals surface area contributed by atoms with Gasteiger partial charge in [-0.2, -0.15) is 5.26 Å². The number of carboxylic acids is 1. The number of halogens is 3. The molecular formula is C26H19BrCl2N2O5. The summed E-state index contributed by atoms with van der Waals surface area (Å²) in [5.41, 5.74) is 1.59. The maximum absolute atomic E-state index is 12.7. The van der Waals surface area contributed by atoms with E-state index in [2.05, 4.69) is 21.2 Å². The average molecular weight is 590 g/mol. The summed E-state index contributed by atoms with van der Waals surface area (Å²) < 4.78 is 12.2. The lowest BCUT2D eigenvalue weighted by Crippen LogP contribution is -2.13. The monoisotopic (exact) mass is 588 g/mol. The Balaban J connectivity index is 1.84. The SMILES string of the molecule is CCOc1cc(/C=C(/C#N)C(=O)Nc2cccc(Cl)c2Cl)cc(Br)c1OCc1ccc(C(=O)O)cc1. The number of nitrogens with one attached hydrogen (secondary N) is 1. The number of hydrogen-bond donors (Lipinski definition) is 2. The van der Waals surface area contributed by atoms with Crippen molar-refractivity contribution < 1.29 is 24.2 Å². The van der Waals surface area contributed by atoms with E-state index in [-0.39, 0.29) is 33.5 Å². The van der Waals surface area contributed by atoms with Gasteiger partial charge in [0.1, 0.15) is 18.2 Å². The molecule has 1 amide bonds. The molecule has 0 atom stereocenters. The standard InChI is InChI=1S/C26H19BrCl2N2O5/c1-2-35-22-12-16(10-18(13-30)25(32)31-21-5-3-4-20(28)23(21)29)11-19(27)24(22)36-14-15-6-8-17(9-7-15)26(33)34/h3-12H,2,14H2,1H3,(H,31,32)(H,33,34)/b18-10-. The topological polar surface area (TPSA) is 109 Å². The summed E-state index contributed by atoms with van der Waals surface area (Å²) in [4.78, 5) is 23.7. The zero-order valence-corrected chi connectivity index (χ0v) is 21.9. The summed E-state index contributed by atoms with van der Waals surface area (Å²) in [6.45, 7) is 2.33. The van der Waals surface area contributed by atoms with Crippen LogP contribution < -0.4 is 14.8 Å². The molecule has 3 aromatic rings. The van der Waals surface area contributed by atoms with Crippen molar-refractivity contribution in [2.24, 2.45) is 0 Å². The highest BCUT2D eigenvalue weighted by atomic mass is 79.9. The van der Waals surface area contributed by atoms with Crippen LogP contribution in [0.1, 0.15) is 28.4 Å². The molecule has 184 valence electrons. The lowest BCUT2D eigenvalue weighted by molar-refractivity contribution is -0.112. The lowest BCUT2D eigenvalue weighted by Gasteiger charge is -2.15. The highest BCUT2D eigenvalue weighted by Crippen LogP contribution is 2.38. The summed E-state index contributed by atoms with van der Waals surface area (Å²) in [5.74, 6) is -0.838. The van der Waals surface area contributed by atoms with Gasteiger partial charge in [-0.25, -0.2) is 4.79 Å². The summed E-state index contributed by atoms with van der Waals surface area (Å²) in [6.07, 6.45) is 1.41. The van der Waals surface area contributed by atoms with Crippen molar-refractivity contribution in [2.75, 3.05) is 11.9 Å². The molecule has 3 rings (SSSR count). The van der Waals surface area contributed by atoms with E-state index in [1.807, 2.05) is 13.0 Å². The number of carbonyl (C=O) groups is 2. The first-order valence-corrected chi connectivity index (χ1v) is 12.1. The fraction of sp³-hybridized carbons (Fsp3) is 0.115. The third kappa shape index (κ3) is 6.79. The van der Waals surface area contributed by atoms with E-state index in [1.165, 1.54) is 18.2 Å². The molecule has 0 saturated heterocycles. The van der Waals surface area contributed by atoms with Crippen LogP contribution in [0, 0.1) is 11.3 Å². The van der Waals surface area contributed by atoms with Gasteiger partial charge >= 0.3 is 5.97 Å². The quantitative estimate of drug-likeness (QED) is 0.206. The number of nitrogens with zero attached hydrogens (tertiary/aromatic N) is 1. The van der Waals surface area contributed by atoms with Crippen molar-refractivity contribution in [3.05, 3.63) is 91.4 Å². The minimum atomic E-state index is -1.01. The molecule has 0 unspecified atom stereocenters. The molecule has 0 heterocycles. The number of hydrogen-bond acceptors (Lipinski definition) is 5. The molecular weight excluding hydrogens is 571 g/mol. The van der Waals surface area contributed by atoms with Gasteiger partial charge in [0, 0.05) is 0 Å². The average Bonchev–Trinajstić information content (AvgIpc) is 2.85. The third-order valence-corrected chi connectivity index (χ3v) is 6.20. The number of amides is 1. The van der Waals surface area contributed by atoms with Crippen LogP contribution in [0.4, 0.5) is 5.69 Å². The van der Waals surface area contributed by atoms with Crippen LogP contribution in [-0.2, 0) is 11.4 Å². The predicted octanol–water partition coefficient (Wildman–Crippen LogP) is 6.98. The zero-order valence-electron chi connectivity index (χ0n) is 18.8. The van der Waals surface area contributed by atoms with Gasteiger partial charge in [-0.15, -0.1) is 0 Å². The molecule has 36 heavy (non-hydrogen) atoms. The van der Waals surface area contributed by atoms with Gasteiger partial charge < -0.3 is 19.9 Å². The summed E-state index contributed by atoms with van der Waals surface area (Å²) in [6, 6.07) is 16.3. The smallest absolute Gasteiger partial charge is 0.335 e. The maximum atomic E-state index is 12.7. The molecule has 0 aliphatic heterocycles. The van der Waals surface area contributed by atoms with Gasteiger partial charge in [-0.05, 0) is 76.5 Å². The van der Waals surface area contributed by atoms with Crippen LogP contribution in [0.5, 0.6) is 11.5 Å². The van der Waals surface area contributed by atoms with Crippen molar-refractivity contribution in [2.45, 2.75) is 13.5 Å². The van der Waals surface area contributed by atoms with Crippen LogP contribution in [0.25, 0.3) is 6.08 Å². The highest BCUT2D eigenvalue weighted by molar-refractivity contribution is 9.10. The summed E-state index contributed by atoms with van der Waals surface area (Å²) in [7, 11) is 0. The Hall–Kier alpha value is -3.51. The van der Waals surface area contributed by atoms with Gasteiger partial charge in [-0.1, -0.05) is 41.4 Å². The molecule has 0 aromatic heterocycles. The van der Waals surface area contributed by atoms with E-state index in [0.717, 1.165) is 5.56 Å². The second kappa shape index (κ2) is 12.5. The second-order valence-corrected chi connectivity index (χ2v) is 8.92. The van der Waals surface area contributed by atoms with Crippen molar-refractivity contribution in [3.63, 3.8) is 0 Å². The maximum Gasteiger partial charge on any atom is 0.335 e. The Morgan fingerprint density at radius 1 is 1.14 bits per heavy atom. The normalized spacial score (nSPS) is 10.9. The van der Waals surface area contributed by atoms with Crippen molar-refractivity contribution >= 4 is 62.8 Å². The fourth-order valence-corrected chi connectivity index (χ4v) is 4.00. The Bertz CT molecular complexity index is 1370. The molecule has 0 bridgehead atoms. The number of carbonyl (C=O) groups excluding carboxylic acids is 1. The van der Waals surface area contributed by atoms with Gasteiger partial charge in [0.15, 0.2) is 11.5 Å². The minimum absolute atomic E-state index is 0.160. The van der Waals surface area contributed by atoms with Gasteiger partial charge in [0.2, 0.25) is 0 Å². The van der Waals surface area contributed by atoms with Crippen molar-refractivity contribution in [3.8, 4) is 17.6 Å². The Morgan fingerprint density at radius 2 is 1.86 bits per heavy atom.